The molecule has 0 spiro atoms. The molecule has 0 aliphatic carbocycles. The molecule has 0 aliphatic rings. The summed E-state index contributed by atoms with van der Waals surface area (Å²) in [6.07, 6.45) is -0.466. The average Bonchev–Trinajstić information content (AvgIpc) is 2.38. The molecule has 1 unspecified atom stereocenters. The Morgan fingerprint density at radius 2 is 2.16 bits per heavy atom. The second-order valence-corrected chi connectivity index (χ2v) is 4.06. The predicted octanol–water partition coefficient (Wildman–Crippen LogP) is 2.05. The SMILES string of the molecule is CCOc1cccc(CNC)c1OC(CC)C(=O)O. The lowest BCUT2D eigenvalue weighted by Gasteiger charge is -2.19. The van der Waals surface area contributed by atoms with E-state index in [2.05, 4.69) is 5.32 Å². The first-order chi connectivity index (χ1) is 9.13. The van der Waals surface area contributed by atoms with Gasteiger partial charge < -0.3 is 19.9 Å². The lowest BCUT2D eigenvalue weighted by Crippen LogP contribution is -2.27. The van der Waals surface area contributed by atoms with Crippen molar-refractivity contribution in [2.24, 2.45) is 0 Å². The van der Waals surface area contributed by atoms with E-state index in [4.69, 9.17) is 14.6 Å². The van der Waals surface area contributed by atoms with E-state index in [0.29, 0.717) is 31.1 Å². The Kier molecular flexibility index (Phi) is 6.15. The summed E-state index contributed by atoms with van der Waals surface area (Å²) in [5.41, 5.74) is 0.883. The van der Waals surface area contributed by atoms with Crippen LogP contribution in [0.2, 0.25) is 0 Å². The van der Waals surface area contributed by atoms with Crippen molar-refractivity contribution in [1.29, 1.82) is 0 Å². The predicted molar refractivity (Wildman–Crippen MR) is 72.7 cm³/mol. The number of hydrogen-bond acceptors (Lipinski definition) is 4. The van der Waals surface area contributed by atoms with Crippen LogP contribution in [-0.4, -0.2) is 30.8 Å². The van der Waals surface area contributed by atoms with Gasteiger partial charge in [0, 0.05) is 12.1 Å². The molecule has 0 aliphatic heterocycles. The highest BCUT2D eigenvalue weighted by Gasteiger charge is 2.21. The molecule has 0 heterocycles. The molecule has 1 aromatic rings. The van der Waals surface area contributed by atoms with Crippen molar-refractivity contribution in [3.63, 3.8) is 0 Å². The summed E-state index contributed by atoms with van der Waals surface area (Å²) in [4.78, 5) is 11.1. The number of carboxylic acid groups (broad SMARTS) is 1. The summed E-state index contributed by atoms with van der Waals surface area (Å²) >= 11 is 0. The van der Waals surface area contributed by atoms with Crippen molar-refractivity contribution in [3.05, 3.63) is 23.8 Å². The normalized spacial score (nSPS) is 11.9. The average molecular weight is 267 g/mol. The number of carbonyl (C=O) groups is 1. The van der Waals surface area contributed by atoms with Crippen LogP contribution in [0.4, 0.5) is 0 Å². The van der Waals surface area contributed by atoms with Crippen LogP contribution in [-0.2, 0) is 11.3 Å². The minimum atomic E-state index is -0.968. The van der Waals surface area contributed by atoms with Crippen molar-refractivity contribution in [1.82, 2.24) is 5.32 Å². The molecule has 5 nitrogen and oxygen atoms in total. The molecule has 106 valence electrons. The summed E-state index contributed by atoms with van der Waals surface area (Å²) in [5.74, 6) is 0.118. The first-order valence-electron chi connectivity index (χ1n) is 6.42. The quantitative estimate of drug-likeness (QED) is 0.754. The zero-order valence-corrected chi connectivity index (χ0v) is 11.6. The Labute approximate surface area is 113 Å². The van der Waals surface area contributed by atoms with Crippen LogP contribution in [0.3, 0.4) is 0 Å². The highest BCUT2D eigenvalue weighted by molar-refractivity contribution is 5.73. The minimum Gasteiger partial charge on any atom is -0.490 e. The number of benzene rings is 1. The zero-order chi connectivity index (χ0) is 14.3. The highest BCUT2D eigenvalue weighted by Crippen LogP contribution is 2.32. The van der Waals surface area contributed by atoms with Gasteiger partial charge in [0.25, 0.3) is 0 Å². The van der Waals surface area contributed by atoms with Crippen molar-refractivity contribution in [3.8, 4) is 11.5 Å². The summed E-state index contributed by atoms with van der Waals surface area (Å²) in [6, 6.07) is 5.54. The topological polar surface area (TPSA) is 67.8 Å². The van der Waals surface area contributed by atoms with Crippen molar-refractivity contribution in [2.75, 3.05) is 13.7 Å². The molecule has 5 heteroatoms. The maximum atomic E-state index is 11.1. The van der Waals surface area contributed by atoms with Crippen LogP contribution in [0, 0.1) is 0 Å². The smallest absolute Gasteiger partial charge is 0.344 e. The number of aliphatic carboxylic acids is 1. The molecule has 0 saturated heterocycles. The van der Waals surface area contributed by atoms with Gasteiger partial charge in [0.2, 0.25) is 0 Å². The van der Waals surface area contributed by atoms with Crippen LogP contribution in [0.15, 0.2) is 18.2 Å². The van der Waals surface area contributed by atoms with Gasteiger partial charge in [-0.1, -0.05) is 19.1 Å². The fourth-order valence-corrected chi connectivity index (χ4v) is 1.74. The molecule has 0 saturated carbocycles. The number of ether oxygens (including phenoxy) is 2. The molecule has 1 aromatic carbocycles. The van der Waals surface area contributed by atoms with Crippen molar-refractivity contribution >= 4 is 5.97 Å². The largest absolute Gasteiger partial charge is 0.490 e. The number of nitrogens with one attached hydrogen (secondary N) is 1. The molecule has 0 radical (unpaired) electrons. The van der Waals surface area contributed by atoms with Gasteiger partial charge in [-0.25, -0.2) is 4.79 Å². The highest BCUT2D eigenvalue weighted by atomic mass is 16.5. The first-order valence-corrected chi connectivity index (χ1v) is 6.42. The third-order valence-electron chi connectivity index (χ3n) is 2.63. The Bertz CT molecular complexity index is 396. The summed E-state index contributed by atoms with van der Waals surface area (Å²) in [6.45, 7) is 4.75. The van der Waals surface area contributed by atoms with E-state index >= 15 is 0 Å². The van der Waals surface area contributed by atoms with E-state index in [1.807, 2.05) is 26.1 Å². The molecule has 0 aromatic heterocycles. The molecule has 0 bridgehead atoms. The van der Waals surface area contributed by atoms with Gasteiger partial charge in [0.15, 0.2) is 17.6 Å². The maximum absolute atomic E-state index is 11.1. The van der Waals surface area contributed by atoms with E-state index in [1.54, 1.807) is 13.0 Å². The minimum absolute atomic E-state index is 0.398. The standard InChI is InChI=1S/C14H21NO4/c1-4-11(14(16)17)19-13-10(9-15-3)7-6-8-12(13)18-5-2/h6-8,11,15H,4-5,9H2,1-3H3,(H,16,17). The maximum Gasteiger partial charge on any atom is 0.344 e. The molecule has 0 fully saturated rings. The summed E-state index contributed by atoms with van der Waals surface area (Å²) < 4.78 is 11.1. The van der Waals surface area contributed by atoms with Gasteiger partial charge in [-0.05, 0) is 26.5 Å². The number of hydrogen-bond donors (Lipinski definition) is 2. The van der Waals surface area contributed by atoms with Crippen molar-refractivity contribution < 1.29 is 19.4 Å². The zero-order valence-electron chi connectivity index (χ0n) is 11.6. The molecule has 1 rings (SSSR count). The number of para-hydroxylation sites is 1. The third kappa shape index (κ3) is 4.13. The van der Waals surface area contributed by atoms with Crippen LogP contribution in [0.1, 0.15) is 25.8 Å². The fourth-order valence-electron chi connectivity index (χ4n) is 1.74. The van der Waals surface area contributed by atoms with Crippen LogP contribution in [0.5, 0.6) is 11.5 Å². The Balaban J connectivity index is 3.08. The molecular weight excluding hydrogens is 246 g/mol. The second-order valence-electron chi connectivity index (χ2n) is 4.06. The van der Waals surface area contributed by atoms with E-state index in [0.717, 1.165) is 5.56 Å². The van der Waals surface area contributed by atoms with E-state index in [9.17, 15) is 4.79 Å². The van der Waals surface area contributed by atoms with Crippen molar-refractivity contribution in [2.45, 2.75) is 32.9 Å². The fraction of sp³-hybridized carbons (Fsp3) is 0.500. The second kappa shape index (κ2) is 7.63. The summed E-state index contributed by atoms with van der Waals surface area (Å²) in [5, 5.41) is 12.1. The van der Waals surface area contributed by atoms with Crippen LogP contribution >= 0.6 is 0 Å². The Morgan fingerprint density at radius 3 is 2.68 bits per heavy atom. The van der Waals surface area contributed by atoms with Gasteiger partial charge in [-0.15, -0.1) is 0 Å². The Hall–Kier alpha value is -1.75. The lowest BCUT2D eigenvalue weighted by molar-refractivity contribution is -0.145. The van der Waals surface area contributed by atoms with Gasteiger partial charge in [-0.2, -0.15) is 0 Å². The monoisotopic (exact) mass is 267 g/mol. The number of carboxylic acids is 1. The van der Waals surface area contributed by atoms with E-state index in [-0.39, 0.29) is 0 Å². The first kappa shape index (κ1) is 15.3. The van der Waals surface area contributed by atoms with Gasteiger partial charge in [0.1, 0.15) is 0 Å². The molecular formula is C14H21NO4. The van der Waals surface area contributed by atoms with E-state index < -0.39 is 12.1 Å². The van der Waals surface area contributed by atoms with Gasteiger partial charge in [-0.3, -0.25) is 0 Å². The lowest BCUT2D eigenvalue weighted by atomic mass is 10.1. The van der Waals surface area contributed by atoms with Crippen LogP contribution in [0.25, 0.3) is 0 Å². The summed E-state index contributed by atoms with van der Waals surface area (Å²) in [7, 11) is 1.83. The molecule has 2 N–H and O–H groups in total. The number of rotatable bonds is 8. The Morgan fingerprint density at radius 1 is 1.42 bits per heavy atom. The van der Waals surface area contributed by atoms with E-state index in [1.165, 1.54) is 0 Å². The molecule has 0 amide bonds. The molecule has 1 atom stereocenters. The van der Waals surface area contributed by atoms with Gasteiger partial charge >= 0.3 is 5.97 Å². The van der Waals surface area contributed by atoms with Crippen LogP contribution < -0.4 is 14.8 Å². The molecule has 19 heavy (non-hydrogen) atoms. The third-order valence-corrected chi connectivity index (χ3v) is 2.63. The van der Waals surface area contributed by atoms with Gasteiger partial charge in [0.05, 0.1) is 6.61 Å².